The first-order valence-corrected chi connectivity index (χ1v) is 7.47. The van der Waals surface area contributed by atoms with Crippen LogP contribution < -0.4 is 0 Å². The molecule has 20 heavy (non-hydrogen) atoms. The summed E-state index contributed by atoms with van der Waals surface area (Å²) in [6.07, 6.45) is 1.07. The zero-order chi connectivity index (χ0) is 15.1. The number of carbonyl (C=O) groups excluding carboxylic acids is 1. The summed E-state index contributed by atoms with van der Waals surface area (Å²) in [7, 11) is 0. The summed E-state index contributed by atoms with van der Waals surface area (Å²) < 4.78 is 0. The molecule has 0 saturated carbocycles. The van der Waals surface area contributed by atoms with Crippen molar-refractivity contribution in [2.24, 2.45) is 23.2 Å². The van der Waals surface area contributed by atoms with Crippen LogP contribution in [0.15, 0.2) is 0 Å². The number of amides is 2. The number of likely N-dealkylation sites (tertiary alicyclic amines) is 2. The molecule has 0 spiro atoms. The Bertz CT molecular complexity index is 396. The molecule has 5 nitrogen and oxygen atoms in total. The van der Waals surface area contributed by atoms with Crippen molar-refractivity contribution >= 4 is 12.0 Å². The van der Waals surface area contributed by atoms with Crippen molar-refractivity contribution < 1.29 is 14.7 Å². The highest BCUT2D eigenvalue weighted by Crippen LogP contribution is 2.35. The van der Waals surface area contributed by atoms with Crippen molar-refractivity contribution in [1.29, 1.82) is 0 Å². The van der Waals surface area contributed by atoms with Crippen LogP contribution in [-0.2, 0) is 4.79 Å². The Labute approximate surface area is 120 Å². The molecule has 2 rings (SSSR count). The zero-order valence-corrected chi connectivity index (χ0v) is 12.9. The van der Waals surface area contributed by atoms with Gasteiger partial charge in [0.1, 0.15) is 0 Å². The molecule has 114 valence electrons. The SMILES string of the molecule is CC(C(=O)O)C1CN(C(=O)N2CCC(C(C)(C)C)C2)C1. The third kappa shape index (κ3) is 2.91. The molecular weight excluding hydrogens is 256 g/mol. The summed E-state index contributed by atoms with van der Waals surface area (Å²) in [4.78, 5) is 27.0. The van der Waals surface area contributed by atoms with E-state index in [2.05, 4.69) is 20.8 Å². The number of carboxylic acids is 1. The van der Waals surface area contributed by atoms with E-state index in [4.69, 9.17) is 5.11 Å². The minimum absolute atomic E-state index is 0.0885. The van der Waals surface area contributed by atoms with Gasteiger partial charge < -0.3 is 14.9 Å². The number of nitrogens with zero attached hydrogens (tertiary/aromatic N) is 2. The first kappa shape index (κ1) is 15.1. The molecule has 2 amide bonds. The van der Waals surface area contributed by atoms with E-state index < -0.39 is 5.97 Å². The van der Waals surface area contributed by atoms with Gasteiger partial charge in [0.2, 0.25) is 0 Å². The number of aliphatic carboxylic acids is 1. The fourth-order valence-corrected chi connectivity index (χ4v) is 3.03. The lowest BCUT2D eigenvalue weighted by Crippen LogP contribution is -2.57. The van der Waals surface area contributed by atoms with Gasteiger partial charge >= 0.3 is 12.0 Å². The second kappa shape index (κ2) is 5.26. The number of hydrogen-bond acceptors (Lipinski definition) is 2. The molecule has 2 heterocycles. The Morgan fingerprint density at radius 2 is 1.75 bits per heavy atom. The average Bonchev–Trinajstić information content (AvgIpc) is 2.74. The number of urea groups is 1. The Morgan fingerprint density at radius 3 is 2.20 bits per heavy atom. The molecule has 2 saturated heterocycles. The molecule has 2 unspecified atom stereocenters. The van der Waals surface area contributed by atoms with Crippen molar-refractivity contribution in [3.05, 3.63) is 0 Å². The van der Waals surface area contributed by atoms with Crippen molar-refractivity contribution in [3.63, 3.8) is 0 Å². The predicted octanol–water partition coefficient (Wildman–Crippen LogP) is 2.13. The van der Waals surface area contributed by atoms with Gasteiger partial charge in [-0.3, -0.25) is 4.79 Å². The molecule has 2 aliphatic heterocycles. The van der Waals surface area contributed by atoms with E-state index >= 15 is 0 Å². The number of hydrogen-bond donors (Lipinski definition) is 1. The molecule has 2 atom stereocenters. The van der Waals surface area contributed by atoms with Gasteiger partial charge in [-0.1, -0.05) is 27.7 Å². The number of carbonyl (C=O) groups is 2. The van der Waals surface area contributed by atoms with Crippen LogP contribution in [0, 0.1) is 23.2 Å². The lowest BCUT2D eigenvalue weighted by Gasteiger charge is -2.43. The van der Waals surface area contributed by atoms with E-state index in [1.54, 1.807) is 11.8 Å². The summed E-state index contributed by atoms with van der Waals surface area (Å²) in [5, 5.41) is 8.96. The van der Waals surface area contributed by atoms with Crippen LogP contribution in [0.3, 0.4) is 0 Å². The van der Waals surface area contributed by atoms with Gasteiger partial charge in [-0.25, -0.2) is 4.79 Å². The standard InChI is InChI=1S/C15H26N2O3/c1-10(13(18)19)11-7-17(8-11)14(20)16-6-5-12(9-16)15(2,3)4/h10-12H,5-9H2,1-4H3,(H,18,19). The fraction of sp³-hybridized carbons (Fsp3) is 0.867. The maximum absolute atomic E-state index is 12.3. The number of rotatable bonds is 2. The minimum atomic E-state index is -0.768. The summed E-state index contributed by atoms with van der Waals surface area (Å²) >= 11 is 0. The molecule has 2 fully saturated rings. The Morgan fingerprint density at radius 1 is 1.15 bits per heavy atom. The van der Waals surface area contributed by atoms with E-state index in [-0.39, 0.29) is 23.3 Å². The van der Waals surface area contributed by atoms with Crippen LogP contribution in [0.1, 0.15) is 34.1 Å². The van der Waals surface area contributed by atoms with Crippen molar-refractivity contribution in [3.8, 4) is 0 Å². The minimum Gasteiger partial charge on any atom is -0.481 e. The monoisotopic (exact) mass is 282 g/mol. The molecule has 0 aromatic rings. The zero-order valence-electron chi connectivity index (χ0n) is 12.9. The van der Waals surface area contributed by atoms with Crippen molar-refractivity contribution in [2.75, 3.05) is 26.2 Å². The third-order valence-corrected chi connectivity index (χ3v) is 4.96. The van der Waals surface area contributed by atoms with Crippen LogP contribution in [0.4, 0.5) is 4.79 Å². The molecule has 1 N–H and O–H groups in total. The normalized spacial score (nSPS) is 25.5. The second-order valence-corrected chi connectivity index (χ2v) is 7.37. The van der Waals surface area contributed by atoms with E-state index in [9.17, 15) is 9.59 Å². The van der Waals surface area contributed by atoms with Gasteiger partial charge in [0.25, 0.3) is 0 Å². The molecule has 0 bridgehead atoms. The highest BCUT2D eigenvalue weighted by Gasteiger charge is 2.41. The molecule has 0 radical (unpaired) electrons. The smallest absolute Gasteiger partial charge is 0.320 e. The fourth-order valence-electron chi connectivity index (χ4n) is 3.03. The lowest BCUT2D eigenvalue weighted by atomic mass is 9.80. The van der Waals surface area contributed by atoms with Crippen molar-refractivity contribution in [2.45, 2.75) is 34.1 Å². The Balaban J connectivity index is 1.82. The largest absolute Gasteiger partial charge is 0.481 e. The van der Waals surface area contributed by atoms with Crippen LogP contribution in [-0.4, -0.2) is 53.1 Å². The van der Waals surface area contributed by atoms with E-state index in [1.807, 2.05) is 4.90 Å². The summed E-state index contributed by atoms with van der Waals surface area (Å²) in [5.41, 5.74) is 0.240. The van der Waals surface area contributed by atoms with Crippen LogP contribution in [0.5, 0.6) is 0 Å². The second-order valence-electron chi connectivity index (χ2n) is 7.37. The molecule has 0 aromatic heterocycles. The Kier molecular flexibility index (Phi) is 3.98. The Hall–Kier alpha value is -1.26. The van der Waals surface area contributed by atoms with Crippen LogP contribution in [0.25, 0.3) is 0 Å². The third-order valence-electron chi connectivity index (χ3n) is 4.96. The van der Waals surface area contributed by atoms with Crippen molar-refractivity contribution in [1.82, 2.24) is 9.80 Å². The first-order valence-electron chi connectivity index (χ1n) is 7.47. The maximum Gasteiger partial charge on any atom is 0.320 e. The van der Waals surface area contributed by atoms with Gasteiger partial charge in [0.05, 0.1) is 5.92 Å². The molecule has 2 aliphatic rings. The average molecular weight is 282 g/mol. The van der Waals surface area contributed by atoms with Gasteiger partial charge in [-0.15, -0.1) is 0 Å². The topological polar surface area (TPSA) is 60.9 Å². The van der Waals surface area contributed by atoms with E-state index in [0.717, 1.165) is 19.5 Å². The lowest BCUT2D eigenvalue weighted by molar-refractivity contribution is -0.144. The summed E-state index contributed by atoms with van der Waals surface area (Å²) in [5.74, 6) is -0.463. The molecule has 0 aromatic carbocycles. The number of carboxylic acid groups (broad SMARTS) is 1. The van der Waals surface area contributed by atoms with Gasteiger partial charge in [-0.2, -0.15) is 0 Å². The van der Waals surface area contributed by atoms with Crippen LogP contribution >= 0.6 is 0 Å². The molecule has 5 heteroatoms. The predicted molar refractivity (Wildman–Crippen MR) is 76.4 cm³/mol. The van der Waals surface area contributed by atoms with Crippen LogP contribution in [0.2, 0.25) is 0 Å². The summed E-state index contributed by atoms with van der Waals surface area (Å²) in [6, 6.07) is 0.0885. The van der Waals surface area contributed by atoms with E-state index in [0.29, 0.717) is 19.0 Å². The van der Waals surface area contributed by atoms with Gasteiger partial charge in [0, 0.05) is 32.1 Å². The summed E-state index contributed by atoms with van der Waals surface area (Å²) in [6.45, 7) is 11.2. The maximum atomic E-state index is 12.3. The van der Waals surface area contributed by atoms with Gasteiger partial charge in [-0.05, 0) is 17.8 Å². The molecular formula is C15H26N2O3. The highest BCUT2D eigenvalue weighted by molar-refractivity contribution is 5.76. The first-order chi connectivity index (χ1) is 9.20. The highest BCUT2D eigenvalue weighted by atomic mass is 16.4. The van der Waals surface area contributed by atoms with Gasteiger partial charge in [0.15, 0.2) is 0 Å². The van der Waals surface area contributed by atoms with E-state index in [1.165, 1.54) is 0 Å². The quantitative estimate of drug-likeness (QED) is 0.844. The molecule has 0 aliphatic carbocycles.